The van der Waals surface area contributed by atoms with Gasteiger partial charge in [0, 0.05) is 24.1 Å². The number of nitrogens with one attached hydrogen (secondary N) is 1. The first kappa shape index (κ1) is 23.2. The summed E-state index contributed by atoms with van der Waals surface area (Å²) in [4.78, 5) is 14.9. The highest BCUT2D eigenvalue weighted by molar-refractivity contribution is 5.84. The van der Waals surface area contributed by atoms with Crippen molar-refractivity contribution in [3.05, 3.63) is 59.7 Å². The third-order valence-electron chi connectivity index (χ3n) is 6.93. The molecule has 5 nitrogen and oxygen atoms in total. The van der Waals surface area contributed by atoms with Crippen molar-refractivity contribution in [2.75, 3.05) is 24.7 Å². The van der Waals surface area contributed by atoms with Crippen molar-refractivity contribution in [2.45, 2.75) is 64.5 Å². The highest BCUT2D eigenvalue weighted by Crippen LogP contribution is 2.52. The smallest absolute Gasteiger partial charge is 0.223 e. The molecule has 0 saturated carbocycles. The number of nitrogens with zero attached hydrogens (tertiary/aromatic N) is 1. The average molecular weight is 449 g/mol. The quantitative estimate of drug-likeness (QED) is 0.501. The van der Waals surface area contributed by atoms with Crippen molar-refractivity contribution in [2.24, 2.45) is 0 Å². The van der Waals surface area contributed by atoms with Crippen LogP contribution in [0.2, 0.25) is 0 Å². The molecule has 0 aliphatic carbocycles. The van der Waals surface area contributed by atoms with E-state index in [9.17, 15) is 4.79 Å². The first-order valence-electron chi connectivity index (χ1n) is 12.2. The van der Waals surface area contributed by atoms with E-state index in [0.29, 0.717) is 26.2 Å². The van der Waals surface area contributed by atoms with E-state index in [-0.39, 0.29) is 11.3 Å². The second-order valence-electron chi connectivity index (χ2n) is 9.39. The Bertz CT molecular complexity index is 1030. The lowest BCUT2D eigenvalue weighted by atomic mass is 9.74. The van der Waals surface area contributed by atoms with Crippen molar-refractivity contribution < 1.29 is 14.3 Å². The Morgan fingerprint density at radius 2 is 1.88 bits per heavy atom. The van der Waals surface area contributed by atoms with Crippen LogP contribution in [0.4, 0.5) is 5.69 Å². The number of para-hydroxylation sites is 1. The van der Waals surface area contributed by atoms with E-state index >= 15 is 0 Å². The fraction of sp³-hybridized carbons (Fsp3) is 0.464. The molecule has 2 aliphatic heterocycles. The standard InChI is InChI=1S/C28H36N2O3/c1-5-7-10-19-33-24-14-13-21(20-25(24)32-6-2)15-17-28-27(3,4)22-11-8-9-12-23(22)30(28)18-16-26(31)29-28/h8-9,11-15,17,20H,5-7,10,16,18-19H2,1-4H3,(H,29,31)/t28-/m1/s1. The molecule has 0 aromatic heterocycles. The lowest BCUT2D eigenvalue weighted by Gasteiger charge is -2.49. The Kier molecular flexibility index (Phi) is 6.68. The van der Waals surface area contributed by atoms with Crippen LogP contribution in [0.25, 0.3) is 6.08 Å². The maximum absolute atomic E-state index is 12.6. The molecule has 2 aromatic carbocycles. The molecule has 4 rings (SSSR count). The molecule has 2 aromatic rings. The molecule has 0 bridgehead atoms. The summed E-state index contributed by atoms with van der Waals surface area (Å²) in [7, 11) is 0. The van der Waals surface area contributed by atoms with Gasteiger partial charge < -0.3 is 19.7 Å². The maximum Gasteiger partial charge on any atom is 0.223 e. The Morgan fingerprint density at radius 1 is 1.06 bits per heavy atom. The van der Waals surface area contributed by atoms with Crippen LogP contribution in [0, 0.1) is 0 Å². The largest absolute Gasteiger partial charge is 0.490 e. The van der Waals surface area contributed by atoms with Crippen LogP contribution in [-0.2, 0) is 10.2 Å². The van der Waals surface area contributed by atoms with Gasteiger partial charge in [-0.1, -0.05) is 64.0 Å². The zero-order valence-electron chi connectivity index (χ0n) is 20.3. The van der Waals surface area contributed by atoms with Crippen molar-refractivity contribution in [3.63, 3.8) is 0 Å². The van der Waals surface area contributed by atoms with Crippen LogP contribution in [0.1, 0.15) is 64.5 Å². The lowest BCUT2D eigenvalue weighted by molar-refractivity contribution is -0.124. The number of amides is 1. The van der Waals surface area contributed by atoms with E-state index in [1.165, 1.54) is 17.7 Å². The zero-order valence-corrected chi connectivity index (χ0v) is 20.3. The van der Waals surface area contributed by atoms with Gasteiger partial charge in [0.25, 0.3) is 0 Å². The minimum Gasteiger partial charge on any atom is -0.490 e. The molecule has 176 valence electrons. The molecule has 0 unspecified atom stereocenters. The monoisotopic (exact) mass is 448 g/mol. The molecule has 1 amide bonds. The predicted octanol–water partition coefficient (Wildman–Crippen LogP) is 5.68. The van der Waals surface area contributed by atoms with Crippen molar-refractivity contribution >= 4 is 17.7 Å². The van der Waals surface area contributed by atoms with Crippen LogP contribution in [0.15, 0.2) is 48.5 Å². The predicted molar refractivity (Wildman–Crippen MR) is 134 cm³/mol. The SMILES string of the molecule is CCCCCOc1ccc(C=C[C@@]23NC(=O)CCN2c2ccccc2C3(C)C)cc1OCC. The Balaban J connectivity index is 1.65. The summed E-state index contributed by atoms with van der Waals surface area (Å²) in [6.45, 7) is 10.6. The summed E-state index contributed by atoms with van der Waals surface area (Å²) < 4.78 is 11.9. The van der Waals surface area contributed by atoms with Crippen molar-refractivity contribution in [3.8, 4) is 11.5 Å². The summed E-state index contributed by atoms with van der Waals surface area (Å²) in [6.07, 6.45) is 8.11. The molecular weight excluding hydrogens is 412 g/mol. The minimum absolute atomic E-state index is 0.0858. The number of unbranched alkanes of at least 4 members (excludes halogenated alkanes) is 2. The summed E-state index contributed by atoms with van der Waals surface area (Å²) in [5, 5.41) is 3.33. The number of ether oxygens (including phenoxy) is 2. The van der Waals surface area contributed by atoms with Crippen LogP contribution in [-0.4, -0.2) is 31.3 Å². The molecule has 33 heavy (non-hydrogen) atoms. The number of carbonyl (C=O) groups excluding carboxylic acids is 1. The highest BCUT2D eigenvalue weighted by atomic mass is 16.5. The normalized spacial score (nSPS) is 21.0. The van der Waals surface area contributed by atoms with Crippen molar-refractivity contribution in [1.82, 2.24) is 5.32 Å². The molecule has 1 atom stereocenters. The molecule has 2 aliphatic rings. The van der Waals surface area contributed by atoms with Gasteiger partial charge in [-0.05, 0) is 48.7 Å². The number of fused-ring (bicyclic) bond motifs is 3. The zero-order chi connectivity index (χ0) is 23.5. The molecule has 2 heterocycles. The topological polar surface area (TPSA) is 50.8 Å². The number of carbonyl (C=O) groups is 1. The first-order chi connectivity index (χ1) is 15.9. The van der Waals surface area contributed by atoms with Gasteiger partial charge in [-0.2, -0.15) is 0 Å². The molecule has 0 radical (unpaired) electrons. The summed E-state index contributed by atoms with van der Waals surface area (Å²) >= 11 is 0. The number of rotatable bonds is 9. The summed E-state index contributed by atoms with van der Waals surface area (Å²) in [5.74, 6) is 1.62. The van der Waals surface area contributed by atoms with E-state index in [1.807, 2.05) is 19.1 Å². The first-order valence-corrected chi connectivity index (χ1v) is 12.2. The van der Waals surface area contributed by atoms with Crippen LogP contribution in [0.5, 0.6) is 11.5 Å². The molecule has 1 saturated heterocycles. The van der Waals surface area contributed by atoms with E-state index < -0.39 is 5.66 Å². The van der Waals surface area contributed by atoms with Crippen LogP contribution < -0.4 is 19.7 Å². The van der Waals surface area contributed by atoms with Gasteiger partial charge in [0.2, 0.25) is 5.91 Å². The highest BCUT2D eigenvalue weighted by Gasteiger charge is 2.57. The number of benzene rings is 2. The Morgan fingerprint density at radius 3 is 2.67 bits per heavy atom. The average Bonchev–Trinajstić information content (AvgIpc) is 3.00. The molecule has 1 fully saturated rings. The summed E-state index contributed by atoms with van der Waals surface area (Å²) in [6, 6.07) is 14.5. The summed E-state index contributed by atoms with van der Waals surface area (Å²) in [5.41, 5.74) is 2.55. The number of hydrogen-bond acceptors (Lipinski definition) is 4. The number of hydrogen-bond donors (Lipinski definition) is 1. The fourth-order valence-electron chi connectivity index (χ4n) is 5.09. The molecule has 5 heteroatoms. The van der Waals surface area contributed by atoms with Crippen LogP contribution in [0.3, 0.4) is 0 Å². The number of anilines is 1. The van der Waals surface area contributed by atoms with E-state index in [4.69, 9.17) is 9.47 Å². The van der Waals surface area contributed by atoms with E-state index in [0.717, 1.165) is 29.9 Å². The van der Waals surface area contributed by atoms with Gasteiger partial charge in [-0.15, -0.1) is 0 Å². The Hall–Kier alpha value is -2.95. The third-order valence-corrected chi connectivity index (χ3v) is 6.93. The van der Waals surface area contributed by atoms with Crippen molar-refractivity contribution in [1.29, 1.82) is 0 Å². The molecular formula is C28H36N2O3. The van der Waals surface area contributed by atoms with Gasteiger partial charge in [0.05, 0.1) is 13.2 Å². The second-order valence-corrected chi connectivity index (χ2v) is 9.39. The van der Waals surface area contributed by atoms with Gasteiger partial charge >= 0.3 is 0 Å². The Labute approximate surface area is 197 Å². The fourth-order valence-corrected chi connectivity index (χ4v) is 5.09. The molecule has 0 spiro atoms. The van der Waals surface area contributed by atoms with Gasteiger partial charge in [0.15, 0.2) is 11.5 Å². The van der Waals surface area contributed by atoms with Gasteiger partial charge in [-0.3, -0.25) is 4.79 Å². The van der Waals surface area contributed by atoms with E-state index in [2.05, 4.69) is 73.5 Å². The maximum atomic E-state index is 12.6. The third kappa shape index (κ3) is 4.21. The van der Waals surface area contributed by atoms with E-state index in [1.54, 1.807) is 0 Å². The minimum atomic E-state index is -0.618. The van der Waals surface area contributed by atoms with Crippen LogP contribution >= 0.6 is 0 Å². The van der Waals surface area contributed by atoms with Gasteiger partial charge in [-0.25, -0.2) is 0 Å². The van der Waals surface area contributed by atoms with Gasteiger partial charge in [0.1, 0.15) is 5.66 Å². The molecule has 1 N–H and O–H groups in total. The second kappa shape index (κ2) is 9.50. The lowest BCUT2D eigenvalue weighted by Crippen LogP contribution is -2.68.